The van der Waals surface area contributed by atoms with Gasteiger partial charge in [0.05, 0.1) is 18.2 Å². The van der Waals surface area contributed by atoms with E-state index in [0.29, 0.717) is 29.9 Å². The van der Waals surface area contributed by atoms with Crippen molar-refractivity contribution in [3.05, 3.63) is 24.3 Å². The Labute approximate surface area is 154 Å². The first kappa shape index (κ1) is 17.4. The van der Waals surface area contributed by atoms with Crippen molar-refractivity contribution < 1.29 is 19.1 Å². The lowest BCUT2D eigenvalue weighted by Gasteiger charge is -2.53. The minimum Gasteiger partial charge on any atom is -0.492 e. The van der Waals surface area contributed by atoms with Crippen LogP contribution >= 0.6 is 0 Å². The Balaban J connectivity index is 1.31. The van der Waals surface area contributed by atoms with Gasteiger partial charge in [-0.3, -0.25) is 9.59 Å². The highest BCUT2D eigenvalue weighted by Gasteiger charge is 2.51. The van der Waals surface area contributed by atoms with Crippen LogP contribution in [0.1, 0.15) is 39.0 Å². The average molecular weight is 357 g/mol. The van der Waals surface area contributed by atoms with E-state index in [0.717, 1.165) is 11.8 Å². The molecule has 4 bridgehead atoms. The SMILES string of the molecule is CCOc1ccccc1NC(=O)COC(=O)C1C2CC3CC(C2)CC1C3. The molecular formula is C21H27NO4. The molecule has 1 aromatic rings. The number of benzene rings is 1. The molecule has 0 atom stereocenters. The first-order valence-electron chi connectivity index (χ1n) is 9.82. The van der Waals surface area contributed by atoms with Crippen molar-refractivity contribution >= 4 is 17.6 Å². The van der Waals surface area contributed by atoms with Crippen LogP contribution in [0.2, 0.25) is 0 Å². The van der Waals surface area contributed by atoms with Crippen LogP contribution in [0.25, 0.3) is 0 Å². The highest BCUT2D eigenvalue weighted by Crippen LogP contribution is 2.56. The van der Waals surface area contributed by atoms with Crippen molar-refractivity contribution in [3.8, 4) is 5.75 Å². The summed E-state index contributed by atoms with van der Waals surface area (Å²) in [5, 5.41) is 2.78. The number of carbonyl (C=O) groups is 2. The minimum absolute atomic E-state index is 0.00584. The second-order valence-electron chi connectivity index (χ2n) is 8.04. The van der Waals surface area contributed by atoms with Gasteiger partial charge in [0, 0.05) is 0 Å². The van der Waals surface area contributed by atoms with Crippen LogP contribution in [0.15, 0.2) is 24.3 Å². The molecule has 0 aromatic heterocycles. The van der Waals surface area contributed by atoms with Crippen LogP contribution in [0.4, 0.5) is 5.69 Å². The molecule has 0 saturated heterocycles. The number of hydrogen-bond donors (Lipinski definition) is 1. The number of rotatable bonds is 6. The van der Waals surface area contributed by atoms with E-state index in [-0.39, 0.29) is 24.4 Å². The number of para-hydroxylation sites is 2. The van der Waals surface area contributed by atoms with Crippen LogP contribution in [0.3, 0.4) is 0 Å². The number of amides is 1. The first-order valence-corrected chi connectivity index (χ1v) is 9.82. The number of esters is 1. The predicted molar refractivity (Wildman–Crippen MR) is 97.7 cm³/mol. The molecule has 1 amide bonds. The van der Waals surface area contributed by atoms with Gasteiger partial charge in [0.25, 0.3) is 5.91 Å². The summed E-state index contributed by atoms with van der Waals surface area (Å²) in [5.74, 6) is 2.71. The summed E-state index contributed by atoms with van der Waals surface area (Å²) >= 11 is 0. The van der Waals surface area contributed by atoms with E-state index in [1.54, 1.807) is 12.1 Å². The number of anilines is 1. The zero-order valence-electron chi connectivity index (χ0n) is 15.3. The van der Waals surface area contributed by atoms with Gasteiger partial charge in [0.2, 0.25) is 0 Å². The second-order valence-corrected chi connectivity index (χ2v) is 8.04. The third kappa shape index (κ3) is 3.44. The van der Waals surface area contributed by atoms with E-state index < -0.39 is 0 Å². The summed E-state index contributed by atoms with van der Waals surface area (Å²) in [5.41, 5.74) is 0.602. The minimum atomic E-state index is -0.325. The molecule has 0 aliphatic heterocycles. The maximum Gasteiger partial charge on any atom is 0.310 e. The fourth-order valence-electron chi connectivity index (χ4n) is 5.58. The zero-order chi connectivity index (χ0) is 18.1. The average Bonchev–Trinajstić information content (AvgIpc) is 2.61. The summed E-state index contributed by atoms with van der Waals surface area (Å²) in [6, 6.07) is 7.27. The molecule has 26 heavy (non-hydrogen) atoms. The Hall–Kier alpha value is -2.04. The number of nitrogens with one attached hydrogen (secondary N) is 1. The van der Waals surface area contributed by atoms with Crippen molar-refractivity contribution in [3.63, 3.8) is 0 Å². The third-order valence-corrected chi connectivity index (χ3v) is 6.31. The maximum absolute atomic E-state index is 12.6. The van der Waals surface area contributed by atoms with E-state index in [9.17, 15) is 9.59 Å². The lowest BCUT2D eigenvalue weighted by molar-refractivity contribution is -0.164. The van der Waals surface area contributed by atoms with E-state index in [1.165, 1.54) is 32.1 Å². The molecule has 5 rings (SSSR count). The van der Waals surface area contributed by atoms with Crippen LogP contribution in [0, 0.1) is 29.6 Å². The number of carbonyl (C=O) groups excluding carboxylic acids is 2. The van der Waals surface area contributed by atoms with Gasteiger partial charge in [-0.2, -0.15) is 0 Å². The monoisotopic (exact) mass is 357 g/mol. The molecule has 5 nitrogen and oxygen atoms in total. The lowest BCUT2D eigenvalue weighted by atomic mass is 9.52. The van der Waals surface area contributed by atoms with Crippen molar-refractivity contribution in [1.29, 1.82) is 0 Å². The molecule has 0 radical (unpaired) electrons. The number of hydrogen-bond acceptors (Lipinski definition) is 4. The molecule has 1 aromatic carbocycles. The van der Waals surface area contributed by atoms with Gasteiger partial charge in [0.15, 0.2) is 6.61 Å². The molecule has 140 valence electrons. The maximum atomic E-state index is 12.6. The normalized spacial score (nSPS) is 31.5. The van der Waals surface area contributed by atoms with Crippen molar-refractivity contribution in [2.75, 3.05) is 18.5 Å². The van der Waals surface area contributed by atoms with Crippen LogP contribution in [0.5, 0.6) is 5.75 Å². The molecule has 5 heteroatoms. The Kier molecular flexibility index (Phi) is 4.88. The van der Waals surface area contributed by atoms with Gasteiger partial charge in [0.1, 0.15) is 5.75 Å². The van der Waals surface area contributed by atoms with E-state index >= 15 is 0 Å². The van der Waals surface area contributed by atoms with Gasteiger partial charge in [-0.05, 0) is 74.8 Å². The fraction of sp³-hybridized carbons (Fsp3) is 0.619. The van der Waals surface area contributed by atoms with Crippen LogP contribution in [-0.4, -0.2) is 25.1 Å². The summed E-state index contributed by atoms with van der Waals surface area (Å²) in [4.78, 5) is 24.9. The summed E-state index contributed by atoms with van der Waals surface area (Å²) in [6.07, 6.45) is 6.03. The van der Waals surface area contributed by atoms with Gasteiger partial charge >= 0.3 is 5.97 Å². The lowest BCUT2D eigenvalue weighted by Crippen LogP contribution is -2.48. The molecule has 4 saturated carbocycles. The molecule has 1 N–H and O–H groups in total. The Morgan fingerprint density at radius 3 is 2.35 bits per heavy atom. The fourth-order valence-corrected chi connectivity index (χ4v) is 5.58. The Morgan fingerprint density at radius 2 is 1.69 bits per heavy atom. The van der Waals surface area contributed by atoms with Gasteiger partial charge < -0.3 is 14.8 Å². The summed E-state index contributed by atoms with van der Waals surface area (Å²) in [7, 11) is 0. The molecular weight excluding hydrogens is 330 g/mol. The second kappa shape index (κ2) is 7.29. The van der Waals surface area contributed by atoms with Crippen molar-refractivity contribution in [2.45, 2.75) is 39.0 Å². The topological polar surface area (TPSA) is 64.6 Å². The summed E-state index contributed by atoms with van der Waals surface area (Å²) in [6.45, 7) is 2.18. The van der Waals surface area contributed by atoms with Gasteiger partial charge in [-0.15, -0.1) is 0 Å². The van der Waals surface area contributed by atoms with E-state index in [2.05, 4.69) is 5.32 Å². The quantitative estimate of drug-likeness (QED) is 0.790. The van der Waals surface area contributed by atoms with Crippen molar-refractivity contribution in [2.24, 2.45) is 29.6 Å². The predicted octanol–water partition coefficient (Wildman–Crippen LogP) is 3.64. The molecule has 0 unspecified atom stereocenters. The zero-order valence-corrected chi connectivity index (χ0v) is 15.3. The molecule has 0 spiro atoms. The largest absolute Gasteiger partial charge is 0.492 e. The summed E-state index contributed by atoms with van der Waals surface area (Å²) < 4.78 is 10.9. The van der Waals surface area contributed by atoms with Crippen LogP contribution in [-0.2, 0) is 14.3 Å². The smallest absolute Gasteiger partial charge is 0.310 e. The third-order valence-electron chi connectivity index (χ3n) is 6.31. The Morgan fingerprint density at radius 1 is 1.04 bits per heavy atom. The van der Waals surface area contributed by atoms with Gasteiger partial charge in [-0.1, -0.05) is 12.1 Å². The molecule has 4 aliphatic rings. The van der Waals surface area contributed by atoms with Crippen molar-refractivity contribution in [1.82, 2.24) is 0 Å². The standard InChI is InChI=1S/C21H27NO4/c1-2-25-18-6-4-3-5-17(18)22-19(23)12-26-21(24)20-15-8-13-7-14(10-15)11-16(20)9-13/h3-6,13-16,20H,2,7-12H2,1H3,(H,22,23). The molecule has 4 fully saturated rings. The number of ether oxygens (including phenoxy) is 2. The highest BCUT2D eigenvalue weighted by molar-refractivity contribution is 5.94. The molecule has 4 aliphatic carbocycles. The van der Waals surface area contributed by atoms with E-state index in [4.69, 9.17) is 9.47 Å². The highest BCUT2D eigenvalue weighted by atomic mass is 16.5. The molecule has 0 heterocycles. The van der Waals surface area contributed by atoms with Gasteiger partial charge in [-0.25, -0.2) is 0 Å². The first-order chi connectivity index (χ1) is 12.6. The Bertz CT molecular complexity index is 658. The van der Waals surface area contributed by atoms with Crippen LogP contribution < -0.4 is 10.1 Å². The van der Waals surface area contributed by atoms with E-state index in [1.807, 2.05) is 19.1 Å².